The van der Waals surface area contributed by atoms with E-state index < -0.39 is 5.97 Å². The number of rotatable bonds is 4. The molecule has 1 aromatic heterocycles. The lowest BCUT2D eigenvalue weighted by molar-refractivity contribution is -0.137. The molecule has 1 N–H and O–H groups in total. The van der Waals surface area contributed by atoms with Gasteiger partial charge in [-0.25, -0.2) is 4.98 Å². The van der Waals surface area contributed by atoms with Gasteiger partial charge in [0.05, 0.1) is 5.69 Å². The van der Waals surface area contributed by atoms with Gasteiger partial charge < -0.3 is 14.7 Å². The molecular formula is C17H16N2O4. The summed E-state index contributed by atoms with van der Waals surface area (Å²) in [4.78, 5) is 29.3. The van der Waals surface area contributed by atoms with Gasteiger partial charge in [0.1, 0.15) is 5.56 Å². The Labute approximate surface area is 133 Å². The van der Waals surface area contributed by atoms with E-state index in [2.05, 4.69) is 4.98 Å². The van der Waals surface area contributed by atoms with Crippen LogP contribution in [0.25, 0.3) is 0 Å². The number of fused-ring (bicyclic) bond motifs is 2. The highest BCUT2D eigenvalue weighted by atomic mass is 16.5. The van der Waals surface area contributed by atoms with Crippen molar-refractivity contribution in [2.24, 2.45) is 0 Å². The third-order valence-corrected chi connectivity index (χ3v) is 3.63. The van der Waals surface area contributed by atoms with Gasteiger partial charge in [0.15, 0.2) is 5.75 Å². The van der Waals surface area contributed by atoms with Gasteiger partial charge in [0.2, 0.25) is 5.88 Å². The molecule has 1 aromatic carbocycles. The average Bonchev–Trinajstić information content (AvgIpc) is 2.63. The quantitative estimate of drug-likeness (QED) is 0.938. The molecule has 1 aliphatic rings. The summed E-state index contributed by atoms with van der Waals surface area (Å²) < 4.78 is 5.80. The normalized spacial score (nSPS) is 12.9. The van der Waals surface area contributed by atoms with Crippen LogP contribution in [0.3, 0.4) is 0 Å². The number of nitrogens with zero attached hydrogens (tertiary/aromatic N) is 2. The van der Waals surface area contributed by atoms with Crippen LogP contribution in [0.4, 0.5) is 5.69 Å². The molecule has 0 bridgehead atoms. The molecule has 6 heteroatoms. The van der Waals surface area contributed by atoms with Gasteiger partial charge in [-0.1, -0.05) is 6.07 Å². The molecule has 0 aliphatic carbocycles. The molecule has 0 saturated heterocycles. The molecule has 0 spiro atoms. The van der Waals surface area contributed by atoms with Crippen LogP contribution >= 0.6 is 0 Å². The maximum absolute atomic E-state index is 12.8. The second-order valence-corrected chi connectivity index (χ2v) is 5.38. The number of carbonyl (C=O) groups is 2. The number of ether oxygens (including phenoxy) is 1. The number of carbonyl (C=O) groups excluding carboxylic acids is 1. The van der Waals surface area contributed by atoms with Crippen LogP contribution in [-0.4, -0.2) is 28.5 Å². The molecule has 1 aliphatic heterocycles. The maximum Gasteiger partial charge on any atom is 0.303 e. The fourth-order valence-corrected chi connectivity index (χ4v) is 2.53. The number of aliphatic carboxylic acids is 1. The predicted octanol–water partition coefficient (Wildman–Crippen LogP) is 3.01. The van der Waals surface area contributed by atoms with Crippen LogP contribution in [0.15, 0.2) is 36.5 Å². The highest BCUT2D eigenvalue weighted by molar-refractivity contribution is 6.09. The lowest BCUT2D eigenvalue weighted by Gasteiger charge is -2.22. The standard InChI is InChI=1S/C17H16N2O4/c1-11-6-7-14-13(10-11)19(9-3-5-15(20)21)17(22)12-4-2-8-18-16(12)23-14/h2,4,6-8,10H,3,5,9H2,1H3,(H,20,21). The second kappa shape index (κ2) is 6.08. The summed E-state index contributed by atoms with van der Waals surface area (Å²) in [7, 11) is 0. The number of benzene rings is 1. The summed E-state index contributed by atoms with van der Waals surface area (Å²) in [5, 5.41) is 8.82. The zero-order valence-corrected chi connectivity index (χ0v) is 12.7. The molecule has 2 aromatic rings. The van der Waals surface area contributed by atoms with Gasteiger partial charge in [-0.15, -0.1) is 0 Å². The zero-order valence-electron chi connectivity index (χ0n) is 12.7. The van der Waals surface area contributed by atoms with Gasteiger partial charge in [0, 0.05) is 19.2 Å². The topological polar surface area (TPSA) is 79.7 Å². The second-order valence-electron chi connectivity index (χ2n) is 5.38. The van der Waals surface area contributed by atoms with Crippen LogP contribution in [0.1, 0.15) is 28.8 Å². The minimum absolute atomic E-state index is 0.00564. The molecule has 6 nitrogen and oxygen atoms in total. The summed E-state index contributed by atoms with van der Waals surface area (Å²) in [5.41, 5.74) is 2.00. The average molecular weight is 312 g/mol. The van der Waals surface area contributed by atoms with Crippen LogP contribution in [0.2, 0.25) is 0 Å². The van der Waals surface area contributed by atoms with Crippen molar-refractivity contribution in [3.63, 3.8) is 0 Å². The van der Waals surface area contributed by atoms with E-state index in [1.54, 1.807) is 29.3 Å². The van der Waals surface area contributed by atoms with E-state index in [0.717, 1.165) is 5.56 Å². The number of hydrogen-bond donors (Lipinski definition) is 1. The van der Waals surface area contributed by atoms with Crippen molar-refractivity contribution in [3.05, 3.63) is 47.7 Å². The van der Waals surface area contributed by atoms with Crippen LogP contribution in [-0.2, 0) is 4.79 Å². The summed E-state index contributed by atoms with van der Waals surface area (Å²) >= 11 is 0. The van der Waals surface area contributed by atoms with Crippen molar-refractivity contribution in [3.8, 4) is 11.6 Å². The molecule has 23 heavy (non-hydrogen) atoms. The number of anilines is 1. The van der Waals surface area contributed by atoms with E-state index in [4.69, 9.17) is 9.84 Å². The largest absolute Gasteiger partial charge is 0.481 e. The molecular weight excluding hydrogens is 296 g/mol. The van der Waals surface area contributed by atoms with Crippen LogP contribution in [0.5, 0.6) is 11.6 Å². The number of carboxylic acid groups (broad SMARTS) is 1. The van der Waals surface area contributed by atoms with Gasteiger partial charge >= 0.3 is 5.97 Å². The van der Waals surface area contributed by atoms with E-state index in [0.29, 0.717) is 30.0 Å². The Morgan fingerprint density at radius 3 is 2.96 bits per heavy atom. The number of carboxylic acids is 1. The molecule has 0 atom stereocenters. The van der Waals surface area contributed by atoms with Gasteiger partial charge in [-0.3, -0.25) is 9.59 Å². The summed E-state index contributed by atoms with van der Waals surface area (Å²) in [6.07, 6.45) is 1.94. The van der Waals surface area contributed by atoms with E-state index in [1.165, 1.54) is 0 Å². The van der Waals surface area contributed by atoms with Crippen molar-refractivity contribution >= 4 is 17.6 Å². The SMILES string of the molecule is Cc1ccc2c(c1)N(CCCC(=O)O)C(=O)c1cccnc1O2. The Morgan fingerprint density at radius 1 is 1.35 bits per heavy atom. The Balaban J connectivity index is 2.03. The Hall–Kier alpha value is -2.89. The van der Waals surface area contributed by atoms with Gasteiger partial charge in [0.25, 0.3) is 5.91 Å². The van der Waals surface area contributed by atoms with Crippen molar-refractivity contribution in [2.75, 3.05) is 11.4 Å². The van der Waals surface area contributed by atoms with Crippen molar-refractivity contribution in [1.29, 1.82) is 0 Å². The molecule has 0 fully saturated rings. The molecule has 0 saturated carbocycles. The number of pyridine rings is 1. The number of aromatic nitrogens is 1. The number of amides is 1. The minimum atomic E-state index is -0.880. The van der Waals surface area contributed by atoms with E-state index in [9.17, 15) is 9.59 Å². The summed E-state index contributed by atoms with van der Waals surface area (Å²) in [6.45, 7) is 2.23. The Morgan fingerprint density at radius 2 is 2.17 bits per heavy atom. The Bertz CT molecular complexity index is 773. The smallest absolute Gasteiger partial charge is 0.303 e. The van der Waals surface area contributed by atoms with E-state index >= 15 is 0 Å². The number of aryl methyl sites for hydroxylation is 1. The first-order chi connectivity index (χ1) is 11.1. The molecule has 118 valence electrons. The molecule has 0 unspecified atom stereocenters. The van der Waals surface area contributed by atoms with Crippen LogP contribution < -0.4 is 9.64 Å². The monoisotopic (exact) mass is 312 g/mol. The molecule has 3 rings (SSSR count). The highest BCUT2D eigenvalue weighted by Gasteiger charge is 2.28. The van der Waals surface area contributed by atoms with E-state index in [1.807, 2.05) is 19.1 Å². The highest BCUT2D eigenvalue weighted by Crippen LogP contribution is 2.38. The zero-order chi connectivity index (χ0) is 16.4. The van der Waals surface area contributed by atoms with Crippen molar-refractivity contribution in [1.82, 2.24) is 4.98 Å². The fraction of sp³-hybridized carbons (Fsp3) is 0.235. The maximum atomic E-state index is 12.8. The van der Waals surface area contributed by atoms with Gasteiger partial charge in [-0.2, -0.15) is 0 Å². The summed E-state index contributed by atoms with van der Waals surface area (Å²) in [6, 6.07) is 8.89. The molecule has 1 amide bonds. The van der Waals surface area contributed by atoms with Crippen molar-refractivity contribution < 1.29 is 19.4 Å². The first-order valence-corrected chi connectivity index (χ1v) is 7.33. The Kier molecular flexibility index (Phi) is 3.97. The fourth-order valence-electron chi connectivity index (χ4n) is 2.53. The van der Waals surface area contributed by atoms with Crippen molar-refractivity contribution in [2.45, 2.75) is 19.8 Å². The van der Waals surface area contributed by atoms with E-state index in [-0.39, 0.29) is 18.2 Å². The summed E-state index contributed by atoms with van der Waals surface area (Å²) in [5.74, 6) is -0.307. The third-order valence-electron chi connectivity index (χ3n) is 3.63. The first kappa shape index (κ1) is 15.0. The lowest BCUT2D eigenvalue weighted by Crippen LogP contribution is -2.31. The van der Waals surface area contributed by atoms with Gasteiger partial charge in [-0.05, 0) is 43.2 Å². The minimum Gasteiger partial charge on any atom is -0.481 e. The first-order valence-electron chi connectivity index (χ1n) is 7.33. The van der Waals surface area contributed by atoms with Crippen LogP contribution in [0, 0.1) is 6.92 Å². The molecule has 2 heterocycles. The molecule has 0 radical (unpaired) electrons. The number of hydrogen-bond acceptors (Lipinski definition) is 4. The third kappa shape index (κ3) is 3.01. The lowest BCUT2D eigenvalue weighted by atomic mass is 10.1. The predicted molar refractivity (Wildman–Crippen MR) is 84.0 cm³/mol.